The molecule has 1 aromatic heterocycles. The van der Waals surface area contributed by atoms with Gasteiger partial charge < -0.3 is 9.15 Å². The number of aliphatic imine (C=N–C) groups is 1. The van der Waals surface area contributed by atoms with Crippen molar-refractivity contribution in [1.29, 1.82) is 5.41 Å². The molecule has 3 heterocycles. The van der Waals surface area contributed by atoms with Crippen LogP contribution in [0.2, 0.25) is 5.02 Å². The summed E-state index contributed by atoms with van der Waals surface area (Å²) >= 11 is 6.96. The molecule has 2 aliphatic rings. The number of furan rings is 1. The number of hydrogen-bond donors (Lipinski definition) is 1. The van der Waals surface area contributed by atoms with Crippen LogP contribution in [0.3, 0.4) is 0 Å². The Bertz CT molecular complexity index is 1390. The zero-order valence-corrected chi connectivity index (χ0v) is 20.2. The van der Waals surface area contributed by atoms with Crippen molar-refractivity contribution in [2.24, 2.45) is 15.3 Å². The van der Waals surface area contributed by atoms with Crippen molar-refractivity contribution in [3.05, 3.63) is 58.5 Å². The number of amidine groups is 3. The average Bonchev–Trinajstić information content (AvgIpc) is 3.42. The number of benzene rings is 1. The van der Waals surface area contributed by atoms with Gasteiger partial charge in [-0.3, -0.25) is 10.2 Å². The van der Waals surface area contributed by atoms with E-state index in [-0.39, 0.29) is 49.9 Å². The summed E-state index contributed by atoms with van der Waals surface area (Å²) in [6.07, 6.45) is 2.69. The van der Waals surface area contributed by atoms with Gasteiger partial charge in [-0.2, -0.15) is 9.39 Å². The lowest BCUT2D eigenvalue weighted by atomic mass is 10.1. The van der Waals surface area contributed by atoms with Crippen LogP contribution in [0.1, 0.15) is 30.0 Å². The minimum absolute atomic E-state index is 0.00514. The molecule has 1 amide bonds. The van der Waals surface area contributed by atoms with E-state index in [1.807, 2.05) is 0 Å². The van der Waals surface area contributed by atoms with Crippen LogP contribution in [-0.2, 0) is 14.6 Å². The Morgan fingerprint density at radius 2 is 2.12 bits per heavy atom. The zero-order chi connectivity index (χ0) is 24.6. The highest BCUT2D eigenvalue weighted by Gasteiger charge is 2.42. The third-order valence-electron chi connectivity index (χ3n) is 4.52. The van der Waals surface area contributed by atoms with Crippen molar-refractivity contribution in [3.63, 3.8) is 0 Å². The molecule has 10 nitrogen and oxygen atoms in total. The fourth-order valence-electron chi connectivity index (χ4n) is 3.11. The number of rotatable bonds is 5. The maximum atomic E-state index is 12.7. The largest absolute Gasteiger partial charge is 0.457 e. The quantitative estimate of drug-likeness (QED) is 0.271. The summed E-state index contributed by atoms with van der Waals surface area (Å²) < 4.78 is 39.6. The number of halogens is 1. The second-order valence-corrected chi connectivity index (χ2v) is 10.7. The minimum Gasteiger partial charge on any atom is -0.457 e. The van der Waals surface area contributed by atoms with Gasteiger partial charge >= 0.3 is 5.97 Å². The van der Waals surface area contributed by atoms with Crippen LogP contribution in [0.4, 0.5) is 0 Å². The van der Waals surface area contributed by atoms with Crippen LogP contribution in [0.15, 0.2) is 56.0 Å². The maximum Gasteiger partial charge on any atom is 0.379 e. The summed E-state index contributed by atoms with van der Waals surface area (Å²) in [5.74, 6) is -2.06. The molecule has 0 saturated heterocycles. The van der Waals surface area contributed by atoms with Gasteiger partial charge in [0.25, 0.3) is 5.91 Å². The number of hydrogen-bond acceptors (Lipinski definition) is 9. The molecule has 13 heteroatoms. The van der Waals surface area contributed by atoms with E-state index in [9.17, 15) is 18.0 Å². The molecule has 0 bridgehead atoms. The highest BCUT2D eigenvalue weighted by Crippen LogP contribution is 2.32. The highest BCUT2D eigenvalue weighted by atomic mass is 35.5. The molecule has 0 unspecified atom stereocenters. The fraction of sp³-hybridized carbons (Fsp3) is 0.190. The number of ether oxygens (including phenoxy) is 1. The summed E-state index contributed by atoms with van der Waals surface area (Å²) in [6.45, 7) is 3.51. The Balaban J connectivity index is 1.60. The molecule has 1 N–H and O–H groups in total. The van der Waals surface area contributed by atoms with Gasteiger partial charge in [-0.05, 0) is 41.8 Å². The lowest BCUT2D eigenvalue weighted by Crippen LogP contribution is -2.46. The Labute approximate surface area is 203 Å². The molecule has 0 atom stereocenters. The molecule has 0 spiro atoms. The Morgan fingerprint density at radius 1 is 1.35 bits per heavy atom. The molecule has 0 saturated carbocycles. The molecule has 2 aromatic rings. The van der Waals surface area contributed by atoms with E-state index < -0.39 is 21.7 Å². The number of carbonyl (C=O) groups is 2. The molecule has 1 aromatic carbocycles. The summed E-state index contributed by atoms with van der Waals surface area (Å²) in [4.78, 5) is 29.6. The number of amides is 1. The molecule has 4 rings (SSSR count). The number of sulfone groups is 1. The topological polar surface area (TPSA) is 142 Å². The van der Waals surface area contributed by atoms with Gasteiger partial charge in [0, 0.05) is 0 Å². The Kier molecular flexibility index (Phi) is 6.47. The lowest BCUT2D eigenvalue weighted by molar-refractivity contribution is -0.114. The third kappa shape index (κ3) is 4.69. The van der Waals surface area contributed by atoms with Gasteiger partial charge in [-0.1, -0.05) is 31.5 Å². The van der Waals surface area contributed by atoms with Gasteiger partial charge in [0.05, 0.1) is 34.6 Å². The Hall–Kier alpha value is -3.22. The SMILES string of the molecule is CC(C)CS(=O)(=O)C1=NSC2=NC(=O)/C(=C\c3ccc(OC(=O)c4ccco4)c(Cl)c3)C(=N)N21. The first-order valence-corrected chi connectivity index (χ1v) is 12.6. The van der Waals surface area contributed by atoms with E-state index in [2.05, 4.69) is 9.39 Å². The maximum absolute atomic E-state index is 12.7. The van der Waals surface area contributed by atoms with Crippen LogP contribution in [0, 0.1) is 11.3 Å². The predicted molar refractivity (Wildman–Crippen MR) is 129 cm³/mol. The van der Waals surface area contributed by atoms with Crippen molar-refractivity contribution >= 4 is 67.5 Å². The molecule has 176 valence electrons. The molecule has 0 radical (unpaired) electrons. The van der Waals surface area contributed by atoms with E-state index in [1.54, 1.807) is 19.9 Å². The monoisotopic (exact) mass is 520 g/mol. The smallest absolute Gasteiger partial charge is 0.379 e. The molecular formula is C21H17ClN4O6S2. The summed E-state index contributed by atoms with van der Waals surface area (Å²) in [6, 6.07) is 7.36. The van der Waals surface area contributed by atoms with Gasteiger partial charge in [0.2, 0.25) is 25.9 Å². The molecule has 34 heavy (non-hydrogen) atoms. The van der Waals surface area contributed by atoms with Gasteiger partial charge in [0.15, 0.2) is 0 Å². The number of esters is 1. The second kappa shape index (κ2) is 9.20. The summed E-state index contributed by atoms with van der Waals surface area (Å²) in [5, 5.41) is 8.25. The van der Waals surface area contributed by atoms with E-state index in [0.29, 0.717) is 5.56 Å². The van der Waals surface area contributed by atoms with Gasteiger partial charge in [-0.15, -0.1) is 0 Å². The van der Waals surface area contributed by atoms with E-state index in [0.717, 1.165) is 16.8 Å². The standard InChI is InChI=1S/C21H17ClN4O6S2/c1-11(2)10-34(29,30)21-25-33-20-24-18(27)13(17(23)26(20)21)8-12-5-6-15(14(22)9-12)32-19(28)16-4-3-7-31-16/h3-9,11,23H,10H2,1-2H3/b13-8-,23-17?. The lowest BCUT2D eigenvalue weighted by Gasteiger charge is -2.24. The Morgan fingerprint density at radius 3 is 2.76 bits per heavy atom. The van der Waals surface area contributed by atoms with Crippen LogP contribution in [-0.4, -0.2) is 47.1 Å². The number of nitrogens with one attached hydrogen (secondary N) is 1. The third-order valence-corrected chi connectivity index (χ3v) is 7.57. The van der Waals surface area contributed by atoms with Crippen LogP contribution >= 0.6 is 23.5 Å². The van der Waals surface area contributed by atoms with E-state index in [1.165, 1.54) is 36.6 Å². The van der Waals surface area contributed by atoms with Crippen molar-refractivity contribution in [2.45, 2.75) is 13.8 Å². The first-order chi connectivity index (χ1) is 16.1. The van der Waals surface area contributed by atoms with Crippen molar-refractivity contribution in [1.82, 2.24) is 4.90 Å². The van der Waals surface area contributed by atoms with E-state index >= 15 is 0 Å². The number of nitrogens with zero attached hydrogens (tertiary/aromatic N) is 3. The average molecular weight is 521 g/mol. The van der Waals surface area contributed by atoms with Gasteiger partial charge in [-0.25, -0.2) is 18.1 Å². The summed E-state index contributed by atoms with van der Waals surface area (Å²) in [5.41, 5.74) is 0.264. The number of fused-ring (bicyclic) bond motifs is 1. The molecule has 0 fully saturated rings. The predicted octanol–water partition coefficient (Wildman–Crippen LogP) is 3.80. The minimum atomic E-state index is -3.80. The second-order valence-electron chi connectivity index (χ2n) is 7.64. The normalized spacial score (nSPS) is 17.2. The molecule has 0 aliphatic carbocycles. The van der Waals surface area contributed by atoms with E-state index in [4.69, 9.17) is 26.2 Å². The van der Waals surface area contributed by atoms with Crippen LogP contribution in [0.25, 0.3) is 6.08 Å². The summed E-state index contributed by atoms with van der Waals surface area (Å²) in [7, 11) is -3.80. The van der Waals surface area contributed by atoms with Gasteiger partial charge in [0.1, 0.15) is 11.6 Å². The first kappa shape index (κ1) is 23.9. The molecular weight excluding hydrogens is 504 g/mol. The highest BCUT2D eigenvalue weighted by molar-refractivity contribution is 8.16. The van der Waals surface area contributed by atoms with Crippen LogP contribution < -0.4 is 4.74 Å². The van der Waals surface area contributed by atoms with Crippen molar-refractivity contribution in [3.8, 4) is 5.75 Å². The molecule has 2 aliphatic heterocycles. The zero-order valence-electron chi connectivity index (χ0n) is 17.8. The van der Waals surface area contributed by atoms with Crippen molar-refractivity contribution < 1.29 is 27.2 Å². The fourth-order valence-corrected chi connectivity index (χ4v) is 6.07. The number of carbonyl (C=O) groups excluding carboxylic acids is 2. The van der Waals surface area contributed by atoms with Crippen molar-refractivity contribution in [2.75, 3.05) is 5.75 Å². The first-order valence-electron chi connectivity index (χ1n) is 9.83. The van der Waals surface area contributed by atoms with Crippen LogP contribution in [0.5, 0.6) is 5.75 Å².